The molecule has 0 aromatic carbocycles. The lowest BCUT2D eigenvalue weighted by molar-refractivity contribution is 1.17. The minimum atomic E-state index is -1.41. The summed E-state index contributed by atoms with van der Waals surface area (Å²) in [6.45, 7) is 5.97. The zero-order valence-corrected chi connectivity index (χ0v) is 9.95. The second-order valence-electron chi connectivity index (χ2n) is 2.90. The molecular weight excluding hydrogens is 233 g/mol. The lowest BCUT2D eigenvalue weighted by Gasteiger charge is -2.27. The fourth-order valence-electron chi connectivity index (χ4n) is 0.293. The van der Waals surface area contributed by atoms with Crippen LogP contribution in [0.1, 0.15) is 0 Å². The highest BCUT2D eigenvalue weighted by atomic mass is 35.5. The van der Waals surface area contributed by atoms with E-state index in [1.54, 1.807) is 0 Å². The van der Waals surface area contributed by atoms with Gasteiger partial charge < -0.3 is 0 Å². The second kappa shape index (κ2) is 3.54. The van der Waals surface area contributed by atoms with Crippen molar-refractivity contribution in [2.75, 3.05) is 20.0 Å². The summed E-state index contributed by atoms with van der Waals surface area (Å²) in [6.07, 6.45) is 0. The summed E-state index contributed by atoms with van der Waals surface area (Å²) in [5.41, 5.74) is 0. The van der Waals surface area contributed by atoms with Crippen molar-refractivity contribution in [1.29, 1.82) is 0 Å². The minimum Gasteiger partial charge on any atom is -0.0977 e. The highest BCUT2D eigenvalue weighted by Gasteiger charge is 2.50. The van der Waals surface area contributed by atoms with Crippen molar-refractivity contribution in [2.24, 2.45) is 0 Å². The summed E-state index contributed by atoms with van der Waals surface area (Å²) in [6, 6.07) is 0. The van der Waals surface area contributed by atoms with Crippen molar-refractivity contribution in [1.82, 2.24) is 0 Å². The average molecular weight is 243 g/mol. The van der Waals surface area contributed by atoms with E-state index in [0.717, 1.165) is 0 Å². The summed E-state index contributed by atoms with van der Waals surface area (Å²) in [5.74, 6) is 0. The normalized spacial score (nSPS) is 14.4. The highest BCUT2D eigenvalue weighted by molar-refractivity contribution is 7.78. The smallest absolute Gasteiger partial charge is 0.0977 e. The molecule has 62 valence electrons. The van der Waals surface area contributed by atoms with E-state index in [9.17, 15) is 0 Å². The molecule has 0 fully saturated rings. The molecule has 0 spiro atoms. The van der Waals surface area contributed by atoms with Crippen LogP contribution in [0.25, 0.3) is 0 Å². The van der Waals surface area contributed by atoms with Gasteiger partial charge in [0, 0.05) is 7.26 Å². The first-order valence-corrected chi connectivity index (χ1v) is 7.43. The van der Waals surface area contributed by atoms with Gasteiger partial charge in [0.1, 0.15) is 0 Å². The molecule has 0 amide bonds. The van der Waals surface area contributed by atoms with Crippen molar-refractivity contribution < 1.29 is 0 Å². The molecule has 0 saturated carbocycles. The molecule has 0 aliphatic rings. The Kier molecular flexibility index (Phi) is 4.10. The van der Waals surface area contributed by atoms with Gasteiger partial charge in [0.05, 0.1) is 20.0 Å². The van der Waals surface area contributed by atoms with E-state index in [-0.39, 0.29) is 0 Å². The molecule has 0 heterocycles. The SMILES string of the molecule is C[P+](C)(C)C(Cl)(Cl)C(Cl)Cl. The van der Waals surface area contributed by atoms with E-state index in [1.807, 2.05) is 20.0 Å². The molecule has 10 heavy (non-hydrogen) atoms. The molecule has 0 aliphatic carbocycles. The van der Waals surface area contributed by atoms with E-state index < -0.39 is 16.2 Å². The standard InChI is InChI=1S/C5H10Cl4P/c1-10(2,3)5(8,9)4(6)7/h4H,1-3H3/q+1. The van der Waals surface area contributed by atoms with Gasteiger partial charge in [-0.15, -0.1) is 0 Å². The Hall–Kier alpha value is 1.59. The molecule has 0 saturated heterocycles. The topological polar surface area (TPSA) is 0 Å². The van der Waals surface area contributed by atoms with Crippen LogP contribution in [0.5, 0.6) is 0 Å². The third-order valence-electron chi connectivity index (χ3n) is 1.16. The van der Waals surface area contributed by atoms with Crippen LogP contribution >= 0.6 is 53.7 Å². The number of alkyl halides is 4. The van der Waals surface area contributed by atoms with Crippen LogP contribution in [0.2, 0.25) is 0 Å². The minimum absolute atomic E-state index is 0.718. The maximum atomic E-state index is 5.90. The molecule has 0 N–H and O–H groups in total. The first-order valence-electron chi connectivity index (χ1n) is 2.67. The molecule has 0 radical (unpaired) electrons. The van der Waals surface area contributed by atoms with Crippen molar-refractivity contribution in [3.63, 3.8) is 0 Å². The fourth-order valence-corrected chi connectivity index (χ4v) is 2.63. The Balaban J connectivity index is 4.40. The van der Waals surface area contributed by atoms with Crippen molar-refractivity contribution in [3.05, 3.63) is 0 Å². The van der Waals surface area contributed by atoms with Crippen molar-refractivity contribution >= 4 is 53.7 Å². The van der Waals surface area contributed by atoms with Gasteiger partial charge in [-0.3, -0.25) is 0 Å². The third-order valence-corrected chi connectivity index (χ3v) is 8.09. The van der Waals surface area contributed by atoms with Crippen LogP contribution in [0.3, 0.4) is 0 Å². The molecule has 0 rings (SSSR count). The van der Waals surface area contributed by atoms with Gasteiger partial charge in [-0.25, -0.2) is 0 Å². The molecule has 0 aliphatic heterocycles. The fraction of sp³-hybridized carbons (Fsp3) is 1.00. The first kappa shape index (κ1) is 11.6. The second-order valence-corrected chi connectivity index (χ2v) is 10.6. The Morgan fingerprint density at radius 2 is 1.40 bits per heavy atom. The van der Waals surface area contributed by atoms with Crippen molar-refractivity contribution in [2.45, 2.75) is 8.91 Å². The molecule has 0 bridgehead atoms. The van der Waals surface area contributed by atoms with Gasteiger partial charge >= 0.3 is 0 Å². The Morgan fingerprint density at radius 1 is 1.10 bits per heavy atom. The zero-order valence-electron chi connectivity index (χ0n) is 6.04. The summed E-state index contributed by atoms with van der Waals surface area (Å²) < 4.78 is -0.976. The van der Waals surface area contributed by atoms with Crippen LogP contribution in [0, 0.1) is 0 Å². The summed E-state index contributed by atoms with van der Waals surface area (Å²) in [4.78, 5) is -0.718. The van der Waals surface area contributed by atoms with Crippen molar-refractivity contribution in [3.8, 4) is 0 Å². The van der Waals surface area contributed by atoms with Gasteiger partial charge in [0.25, 0.3) is 4.07 Å². The Labute approximate surface area is 82.5 Å². The molecule has 0 unspecified atom stereocenters. The number of hydrogen-bond acceptors (Lipinski definition) is 0. The molecule has 0 atom stereocenters. The van der Waals surface area contributed by atoms with Gasteiger partial charge in [0.15, 0.2) is 4.84 Å². The monoisotopic (exact) mass is 241 g/mol. The van der Waals surface area contributed by atoms with Crippen LogP contribution in [-0.2, 0) is 0 Å². The Bertz CT molecular complexity index is 115. The van der Waals surface area contributed by atoms with Gasteiger partial charge in [-0.1, -0.05) is 46.4 Å². The molecular formula is C5H10Cl4P+. The highest BCUT2D eigenvalue weighted by Crippen LogP contribution is 2.67. The maximum absolute atomic E-state index is 5.90. The maximum Gasteiger partial charge on any atom is 0.253 e. The largest absolute Gasteiger partial charge is 0.253 e. The number of rotatable bonds is 2. The van der Waals surface area contributed by atoms with Crippen LogP contribution < -0.4 is 0 Å². The van der Waals surface area contributed by atoms with E-state index in [4.69, 9.17) is 46.4 Å². The van der Waals surface area contributed by atoms with E-state index in [2.05, 4.69) is 0 Å². The predicted molar refractivity (Wildman–Crippen MR) is 54.6 cm³/mol. The van der Waals surface area contributed by atoms with Gasteiger partial charge in [0.2, 0.25) is 0 Å². The molecule has 0 nitrogen and oxygen atoms in total. The first-order chi connectivity index (χ1) is 4.19. The zero-order chi connectivity index (χ0) is 8.58. The lowest BCUT2D eigenvalue weighted by Crippen LogP contribution is -2.24. The van der Waals surface area contributed by atoms with Crippen LogP contribution in [-0.4, -0.2) is 28.9 Å². The van der Waals surface area contributed by atoms with Gasteiger partial charge in [-0.2, -0.15) is 0 Å². The van der Waals surface area contributed by atoms with E-state index in [0.29, 0.717) is 0 Å². The predicted octanol–water partition coefficient (Wildman–Crippen LogP) is 3.83. The third kappa shape index (κ3) is 2.57. The summed E-state index contributed by atoms with van der Waals surface area (Å²) in [7, 11) is -1.41. The lowest BCUT2D eigenvalue weighted by atomic mass is 10.9. The molecule has 0 aromatic rings. The van der Waals surface area contributed by atoms with E-state index >= 15 is 0 Å². The quantitative estimate of drug-likeness (QED) is 0.510. The number of hydrogen-bond donors (Lipinski definition) is 0. The van der Waals surface area contributed by atoms with E-state index in [1.165, 1.54) is 0 Å². The summed E-state index contributed by atoms with van der Waals surface area (Å²) >= 11 is 23.0. The van der Waals surface area contributed by atoms with Crippen LogP contribution in [0.15, 0.2) is 0 Å². The van der Waals surface area contributed by atoms with Gasteiger partial charge in [-0.05, 0) is 0 Å². The van der Waals surface area contributed by atoms with Crippen LogP contribution in [0.4, 0.5) is 0 Å². The average Bonchev–Trinajstić information content (AvgIpc) is 1.62. The Morgan fingerprint density at radius 3 is 1.40 bits per heavy atom. The molecule has 5 heteroatoms. The summed E-state index contributed by atoms with van der Waals surface area (Å²) in [5, 5.41) is 0. The molecule has 0 aromatic heterocycles. The number of halogens is 4.